The molecule has 0 aliphatic rings. The number of carbonyl (C=O) groups is 1. The summed E-state index contributed by atoms with van der Waals surface area (Å²) in [6, 6.07) is 0. The standard InChI is InChI=1S/C21H42O5/c1-2-3-4-5-7-10-14-19(23)20(26-18-13-17-22)15-11-8-6-9-12-16-21(24)25/h19-20,22-23H,2-18H2,1H3,(H,24,25). The van der Waals surface area contributed by atoms with Gasteiger partial charge in [0.2, 0.25) is 0 Å². The molecule has 0 fully saturated rings. The summed E-state index contributed by atoms with van der Waals surface area (Å²) >= 11 is 0. The van der Waals surface area contributed by atoms with Crippen LogP contribution < -0.4 is 0 Å². The summed E-state index contributed by atoms with van der Waals surface area (Å²) in [6.07, 6.45) is 14.0. The number of carboxylic acid groups (broad SMARTS) is 1. The Labute approximate surface area is 160 Å². The molecule has 0 aromatic heterocycles. The lowest BCUT2D eigenvalue weighted by molar-refractivity contribution is -0.137. The molecule has 0 radical (unpaired) electrons. The molecule has 0 bridgehead atoms. The van der Waals surface area contributed by atoms with E-state index in [1.165, 1.54) is 32.1 Å². The fourth-order valence-corrected chi connectivity index (χ4v) is 3.16. The second-order valence-electron chi connectivity index (χ2n) is 7.31. The fraction of sp³-hybridized carbons (Fsp3) is 0.952. The van der Waals surface area contributed by atoms with Gasteiger partial charge in [-0.15, -0.1) is 0 Å². The number of hydrogen-bond donors (Lipinski definition) is 3. The van der Waals surface area contributed by atoms with E-state index >= 15 is 0 Å². The van der Waals surface area contributed by atoms with E-state index in [-0.39, 0.29) is 19.1 Å². The molecule has 0 aliphatic carbocycles. The molecule has 5 nitrogen and oxygen atoms in total. The van der Waals surface area contributed by atoms with Crippen LogP contribution in [0.4, 0.5) is 0 Å². The van der Waals surface area contributed by atoms with Crippen LogP contribution in [0.15, 0.2) is 0 Å². The molecule has 0 aromatic rings. The normalized spacial score (nSPS) is 13.7. The van der Waals surface area contributed by atoms with Gasteiger partial charge in [0.25, 0.3) is 0 Å². The molecule has 3 N–H and O–H groups in total. The maximum Gasteiger partial charge on any atom is 0.303 e. The first kappa shape index (κ1) is 25.4. The molecule has 5 heteroatoms. The van der Waals surface area contributed by atoms with Crippen LogP contribution in [0.2, 0.25) is 0 Å². The van der Waals surface area contributed by atoms with Crippen LogP contribution in [-0.2, 0) is 9.53 Å². The van der Waals surface area contributed by atoms with Crippen molar-refractivity contribution in [2.75, 3.05) is 13.2 Å². The van der Waals surface area contributed by atoms with E-state index in [2.05, 4.69) is 6.92 Å². The molecule has 0 heterocycles. The molecular formula is C21H42O5. The van der Waals surface area contributed by atoms with Gasteiger partial charge in [0.15, 0.2) is 0 Å². The highest BCUT2D eigenvalue weighted by Gasteiger charge is 2.19. The lowest BCUT2D eigenvalue weighted by Crippen LogP contribution is -2.29. The monoisotopic (exact) mass is 374 g/mol. The second kappa shape index (κ2) is 19.1. The Balaban J connectivity index is 3.91. The highest BCUT2D eigenvalue weighted by atomic mass is 16.5. The average Bonchev–Trinajstić information content (AvgIpc) is 2.62. The number of ether oxygens (including phenoxy) is 1. The number of hydrogen-bond acceptors (Lipinski definition) is 4. The van der Waals surface area contributed by atoms with Gasteiger partial charge in [-0.3, -0.25) is 4.79 Å². The maximum atomic E-state index is 10.5. The van der Waals surface area contributed by atoms with Crippen LogP contribution in [0, 0.1) is 0 Å². The van der Waals surface area contributed by atoms with E-state index < -0.39 is 12.1 Å². The van der Waals surface area contributed by atoms with Gasteiger partial charge in [-0.05, 0) is 25.7 Å². The number of rotatable bonds is 20. The molecule has 0 amide bonds. The minimum Gasteiger partial charge on any atom is -0.481 e. The summed E-state index contributed by atoms with van der Waals surface area (Å²) in [5.74, 6) is -0.722. The summed E-state index contributed by atoms with van der Waals surface area (Å²) in [4.78, 5) is 10.5. The summed E-state index contributed by atoms with van der Waals surface area (Å²) < 4.78 is 5.81. The maximum absolute atomic E-state index is 10.5. The first-order chi connectivity index (χ1) is 12.6. The fourth-order valence-electron chi connectivity index (χ4n) is 3.16. The van der Waals surface area contributed by atoms with Gasteiger partial charge in [-0.2, -0.15) is 0 Å². The average molecular weight is 375 g/mol. The van der Waals surface area contributed by atoms with Crippen molar-refractivity contribution in [2.45, 2.75) is 115 Å². The van der Waals surface area contributed by atoms with Crippen molar-refractivity contribution in [1.29, 1.82) is 0 Å². The molecule has 0 saturated heterocycles. The van der Waals surface area contributed by atoms with E-state index in [1.54, 1.807) is 0 Å². The van der Waals surface area contributed by atoms with E-state index in [0.29, 0.717) is 13.0 Å². The smallest absolute Gasteiger partial charge is 0.303 e. The highest BCUT2D eigenvalue weighted by Crippen LogP contribution is 2.18. The van der Waals surface area contributed by atoms with Crippen molar-refractivity contribution in [2.24, 2.45) is 0 Å². The van der Waals surface area contributed by atoms with E-state index in [9.17, 15) is 9.90 Å². The minimum absolute atomic E-state index is 0.115. The van der Waals surface area contributed by atoms with Crippen LogP contribution >= 0.6 is 0 Å². The van der Waals surface area contributed by atoms with Crippen molar-refractivity contribution < 1.29 is 24.9 Å². The van der Waals surface area contributed by atoms with Crippen molar-refractivity contribution in [3.63, 3.8) is 0 Å². The van der Waals surface area contributed by atoms with E-state index in [0.717, 1.165) is 51.4 Å². The van der Waals surface area contributed by atoms with Gasteiger partial charge >= 0.3 is 5.97 Å². The predicted molar refractivity (Wildman–Crippen MR) is 105 cm³/mol. The summed E-state index contributed by atoms with van der Waals surface area (Å²) in [5.41, 5.74) is 0. The van der Waals surface area contributed by atoms with Gasteiger partial charge in [0, 0.05) is 19.6 Å². The summed E-state index contributed by atoms with van der Waals surface area (Å²) in [6.45, 7) is 2.82. The molecule has 156 valence electrons. The van der Waals surface area contributed by atoms with Crippen LogP contribution in [0.5, 0.6) is 0 Å². The molecule has 2 atom stereocenters. The van der Waals surface area contributed by atoms with Crippen molar-refractivity contribution in [3.8, 4) is 0 Å². The predicted octanol–water partition coefficient (Wildman–Crippen LogP) is 4.68. The van der Waals surface area contributed by atoms with Gasteiger partial charge in [-0.1, -0.05) is 71.1 Å². The quantitative estimate of drug-likeness (QED) is 0.269. The lowest BCUT2D eigenvalue weighted by Gasteiger charge is -2.23. The zero-order valence-electron chi connectivity index (χ0n) is 16.8. The third kappa shape index (κ3) is 16.8. The minimum atomic E-state index is -0.722. The Bertz CT molecular complexity index is 309. The molecule has 0 spiro atoms. The third-order valence-corrected chi connectivity index (χ3v) is 4.80. The first-order valence-corrected chi connectivity index (χ1v) is 10.7. The van der Waals surface area contributed by atoms with Gasteiger partial charge < -0.3 is 20.1 Å². The van der Waals surface area contributed by atoms with E-state index in [1.807, 2.05) is 0 Å². The summed E-state index contributed by atoms with van der Waals surface area (Å²) in [5, 5.41) is 28.0. The second-order valence-corrected chi connectivity index (χ2v) is 7.31. The van der Waals surface area contributed by atoms with Gasteiger partial charge in [0.05, 0.1) is 12.2 Å². The number of aliphatic hydroxyl groups excluding tert-OH is 2. The zero-order chi connectivity index (χ0) is 19.5. The molecular weight excluding hydrogens is 332 g/mol. The van der Waals surface area contributed by atoms with Crippen LogP contribution in [0.1, 0.15) is 103 Å². The number of unbranched alkanes of at least 4 members (excludes halogenated alkanes) is 9. The third-order valence-electron chi connectivity index (χ3n) is 4.80. The van der Waals surface area contributed by atoms with E-state index in [4.69, 9.17) is 14.9 Å². The topological polar surface area (TPSA) is 87.0 Å². The Kier molecular flexibility index (Phi) is 18.6. The molecule has 26 heavy (non-hydrogen) atoms. The van der Waals surface area contributed by atoms with Crippen molar-refractivity contribution >= 4 is 5.97 Å². The molecule has 0 aliphatic heterocycles. The first-order valence-electron chi connectivity index (χ1n) is 10.7. The van der Waals surface area contributed by atoms with Crippen LogP contribution in [-0.4, -0.2) is 46.7 Å². The lowest BCUT2D eigenvalue weighted by atomic mass is 9.99. The zero-order valence-corrected chi connectivity index (χ0v) is 16.8. The van der Waals surface area contributed by atoms with Crippen LogP contribution in [0.3, 0.4) is 0 Å². The SMILES string of the molecule is CCCCCCCCC(O)C(CCCCCCCC(=O)O)OCCCO. The Morgan fingerprint density at radius 2 is 1.42 bits per heavy atom. The Morgan fingerprint density at radius 1 is 0.846 bits per heavy atom. The number of aliphatic carboxylic acids is 1. The highest BCUT2D eigenvalue weighted by molar-refractivity contribution is 5.66. The Morgan fingerprint density at radius 3 is 2.04 bits per heavy atom. The summed E-state index contributed by atoms with van der Waals surface area (Å²) in [7, 11) is 0. The number of aliphatic hydroxyl groups is 2. The Hall–Kier alpha value is -0.650. The number of carboxylic acids is 1. The van der Waals surface area contributed by atoms with Crippen molar-refractivity contribution in [1.82, 2.24) is 0 Å². The van der Waals surface area contributed by atoms with Crippen LogP contribution in [0.25, 0.3) is 0 Å². The molecule has 0 saturated carbocycles. The van der Waals surface area contributed by atoms with Gasteiger partial charge in [-0.25, -0.2) is 0 Å². The van der Waals surface area contributed by atoms with Crippen molar-refractivity contribution in [3.05, 3.63) is 0 Å². The van der Waals surface area contributed by atoms with Gasteiger partial charge in [0.1, 0.15) is 0 Å². The molecule has 0 aromatic carbocycles. The molecule has 0 rings (SSSR count). The largest absolute Gasteiger partial charge is 0.481 e. The molecule has 2 unspecified atom stereocenters.